The number of carbonyl (C=O) groups is 2. The van der Waals surface area contributed by atoms with Gasteiger partial charge in [0.25, 0.3) is 0 Å². The molecule has 1 fully saturated rings. The molecule has 2 rings (SSSR count). The number of benzene rings is 1. The van der Waals surface area contributed by atoms with Crippen LogP contribution in [0.2, 0.25) is 0 Å². The van der Waals surface area contributed by atoms with Crippen molar-refractivity contribution in [2.24, 2.45) is 0 Å². The molecule has 1 N–H and O–H groups in total. The zero-order valence-corrected chi connectivity index (χ0v) is 10.8. The third kappa shape index (κ3) is 3.05. The molecular formula is C14H17NO4. The monoisotopic (exact) mass is 263 g/mol. The largest absolute Gasteiger partial charge is 0.480 e. The van der Waals surface area contributed by atoms with E-state index in [-0.39, 0.29) is 12.6 Å². The number of carboxylic acids is 1. The highest BCUT2D eigenvalue weighted by Gasteiger charge is 2.39. The van der Waals surface area contributed by atoms with Gasteiger partial charge in [0.15, 0.2) is 0 Å². The van der Waals surface area contributed by atoms with Gasteiger partial charge in [0, 0.05) is 6.04 Å². The molecule has 1 aliphatic rings. The third-order valence-corrected chi connectivity index (χ3v) is 3.37. The van der Waals surface area contributed by atoms with E-state index in [1.54, 1.807) is 0 Å². The molecule has 5 heteroatoms. The number of likely N-dealkylation sites (tertiary alicyclic amines) is 1. The molecule has 0 saturated carbocycles. The van der Waals surface area contributed by atoms with Crippen molar-refractivity contribution in [1.29, 1.82) is 0 Å². The Kier molecular flexibility index (Phi) is 4.04. The van der Waals surface area contributed by atoms with Crippen molar-refractivity contribution in [2.45, 2.75) is 38.5 Å². The molecule has 0 spiro atoms. The van der Waals surface area contributed by atoms with Crippen LogP contribution in [0.5, 0.6) is 0 Å². The lowest BCUT2D eigenvalue weighted by Gasteiger charge is -2.25. The second-order valence-corrected chi connectivity index (χ2v) is 4.73. The fourth-order valence-corrected chi connectivity index (χ4v) is 2.33. The number of nitrogens with zero attached hydrogens (tertiary/aromatic N) is 1. The van der Waals surface area contributed by atoms with Crippen LogP contribution in [0, 0.1) is 0 Å². The van der Waals surface area contributed by atoms with E-state index in [1.165, 1.54) is 4.90 Å². The number of carbonyl (C=O) groups excluding carboxylic acids is 1. The van der Waals surface area contributed by atoms with Gasteiger partial charge < -0.3 is 9.84 Å². The van der Waals surface area contributed by atoms with E-state index < -0.39 is 18.1 Å². The molecule has 2 atom stereocenters. The van der Waals surface area contributed by atoms with Crippen molar-refractivity contribution in [1.82, 2.24) is 4.90 Å². The Balaban J connectivity index is 1.97. The summed E-state index contributed by atoms with van der Waals surface area (Å²) < 4.78 is 5.19. The molecule has 0 aromatic heterocycles. The Morgan fingerprint density at radius 1 is 1.32 bits per heavy atom. The maximum Gasteiger partial charge on any atom is 0.411 e. The minimum Gasteiger partial charge on any atom is -0.480 e. The van der Waals surface area contributed by atoms with Crippen LogP contribution in [0.1, 0.15) is 25.3 Å². The Hall–Kier alpha value is -2.04. The number of aliphatic carboxylic acids is 1. The predicted molar refractivity (Wildman–Crippen MR) is 68.6 cm³/mol. The molecule has 0 radical (unpaired) electrons. The molecule has 1 heterocycles. The van der Waals surface area contributed by atoms with Crippen LogP contribution >= 0.6 is 0 Å². The number of amides is 1. The van der Waals surface area contributed by atoms with Gasteiger partial charge in [0.05, 0.1) is 0 Å². The molecule has 5 nitrogen and oxygen atoms in total. The van der Waals surface area contributed by atoms with Gasteiger partial charge in [0.2, 0.25) is 0 Å². The average Bonchev–Trinajstić information content (AvgIpc) is 2.79. The molecule has 1 aromatic carbocycles. The third-order valence-electron chi connectivity index (χ3n) is 3.37. The first kappa shape index (κ1) is 13.4. The van der Waals surface area contributed by atoms with Gasteiger partial charge >= 0.3 is 12.1 Å². The SMILES string of the molecule is C[C@@H]1CC[C@H](C(=O)O)N1C(=O)OCc1ccccc1. The highest BCUT2D eigenvalue weighted by atomic mass is 16.6. The lowest BCUT2D eigenvalue weighted by atomic mass is 10.2. The molecule has 1 aromatic rings. The first-order valence-corrected chi connectivity index (χ1v) is 6.31. The fraction of sp³-hybridized carbons (Fsp3) is 0.429. The van der Waals surface area contributed by atoms with Crippen LogP contribution in [0.25, 0.3) is 0 Å². The fourth-order valence-electron chi connectivity index (χ4n) is 2.33. The van der Waals surface area contributed by atoms with E-state index in [2.05, 4.69) is 0 Å². The minimum atomic E-state index is -0.971. The topological polar surface area (TPSA) is 66.8 Å². The zero-order valence-electron chi connectivity index (χ0n) is 10.8. The first-order valence-electron chi connectivity index (χ1n) is 6.31. The number of hydrogen-bond donors (Lipinski definition) is 1. The number of rotatable bonds is 3. The molecule has 1 saturated heterocycles. The molecule has 0 unspecified atom stereocenters. The molecule has 1 aliphatic heterocycles. The van der Waals surface area contributed by atoms with Crippen LogP contribution in [0.15, 0.2) is 30.3 Å². The van der Waals surface area contributed by atoms with Gasteiger partial charge in [-0.25, -0.2) is 9.59 Å². The van der Waals surface area contributed by atoms with Crippen molar-refractivity contribution in [3.8, 4) is 0 Å². The molecule has 1 amide bonds. The zero-order chi connectivity index (χ0) is 13.8. The lowest BCUT2D eigenvalue weighted by molar-refractivity contribution is -0.142. The smallest absolute Gasteiger partial charge is 0.411 e. The maximum absolute atomic E-state index is 12.0. The summed E-state index contributed by atoms with van der Waals surface area (Å²) in [5.74, 6) is -0.971. The van der Waals surface area contributed by atoms with E-state index in [0.717, 1.165) is 5.56 Å². The van der Waals surface area contributed by atoms with Crippen molar-refractivity contribution in [3.63, 3.8) is 0 Å². The van der Waals surface area contributed by atoms with Crippen molar-refractivity contribution < 1.29 is 19.4 Å². The standard InChI is InChI=1S/C14H17NO4/c1-10-7-8-12(13(16)17)15(10)14(18)19-9-11-5-3-2-4-6-11/h2-6,10,12H,7-9H2,1H3,(H,16,17)/t10-,12-/m1/s1. The normalized spacial score (nSPS) is 22.3. The molecule has 0 bridgehead atoms. The second-order valence-electron chi connectivity index (χ2n) is 4.73. The Morgan fingerprint density at radius 2 is 2.00 bits per heavy atom. The Labute approximate surface area is 111 Å². The van der Waals surface area contributed by atoms with Gasteiger partial charge in [-0.15, -0.1) is 0 Å². The van der Waals surface area contributed by atoms with Crippen molar-refractivity contribution in [3.05, 3.63) is 35.9 Å². The van der Waals surface area contributed by atoms with E-state index in [4.69, 9.17) is 9.84 Å². The van der Waals surface area contributed by atoms with Gasteiger partial charge in [-0.2, -0.15) is 0 Å². The summed E-state index contributed by atoms with van der Waals surface area (Å²) in [6.07, 6.45) is 0.621. The quantitative estimate of drug-likeness (QED) is 0.908. The number of ether oxygens (including phenoxy) is 1. The summed E-state index contributed by atoms with van der Waals surface area (Å²) in [6, 6.07) is 8.46. The first-order chi connectivity index (χ1) is 9.09. The van der Waals surface area contributed by atoms with E-state index in [1.807, 2.05) is 37.3 Å². The summed E-state index contributed by atoms with van der Waals surface area (Å²) in [5.41, 5.74) is 0.884. The summed E-state index contributed by atoms with van der Waals surface area (Å²) in [5, 5.41) is 9.09. The van der Waals surface area contributed by atoms with Crippen LogP contribution < -0.4 is 0 Å². The maximum atomic E-state index is 12.0. The second kappa shape index (κ2) is 5.73. The van der Waals surface area contributed by atoms with Gasteiger partial charge in [-0.05, 0) is 25.3 Å². The highest BCUT2D eigenvalue weighted by Crippen LogP contribution is 2.25. The van der Waals surface area contributed by atoms with Gasteiger partial charge in [-0.3, -0.25) is 4.90 Å². The lowest BCUT2D eigenvalue weighted by Crippen LogP contribution is -2.44. The van der Waals surface area contributed by atoms with Crippen LogP contribution in [0.4, 0.5) is 4.79 Å². The van der Waals surface area contributed by atoms with Crippen LogP contribution in [-0.4, -0.2) is 34.2 Å². The Morgan fingerprint density at radius 3 is 2.63 bits per heavy atom. The molecular weight excluding hydrogens is 246 g/mol. The molecule has 19 heavy (non-hydrogen) atoms. The Bertz CT molecular complexity index is 460. The summed E-state index contributed by atoms with van der Waals surface area (Å²) in [7, 11) is 0. The van der Waals surface area contributed by atoms with Crippen molar-refractivity contribution in [2.75, 3.05) is 0 Å². The summed E-state index contributed by atoms with van der Waals surface area (Å²) >= 11 is 0. The summed E-state index contributed by atoms with van der Waals surface area (Å²) in [6.45, 7) is 2.00. The van der Waals surface area contributed by atoms with E-state index >= 15 is 0 Å². The van der Waals surface area contributed by atoms with E-state index in [0.29, 0.717) is 12.8 Å². The number of carboxylic acid groups (broad SMARTS) is 1. The predicted octanol–water partition coefficient (Wildman–Crippen LogP) is 2.26. The molecule has 102 valence electrons. The van der Waals surface area contributed by atoms with Gasteiger partial charge in [-0.1, -0.05) is 30.3 Å². The van der Waals surface area contributed by atoms with Crippen molar-refractivity contribution >= 4 is 12.1 Å². The average molecular weight is 263 g/mol. The minimum absolute atomic E-state index is 0.0932. The van der Waals surface area contributed by atoms with Gasteiger partial charge in [0.1, 0.15) is 12.6 Å². The highest BCUT2D eigenvalue weighted by molar-refractivity contribution is 5.81. The number of hydrogen-bond acceptors (Lipinski definition) is 3. The summed E-state index contributed by atoms with van der Waals surface area (Å²) in [4.78, 5) is 24.4. The van der Waals surface area contributed by atoms with Crippen LogP contribution in [-0.2, 0) is 16.1 Å². The van der Waals surface area contributed by atoms with Crippen LogP contribution in [0.3, 0.4) is 0 Å². The van der Waals surface area contributed by atoms with E-state index in [9.17, 15) is 9.59 Å². The molecule has 0 aliphatic carbocycles.